The highest BCUT2D eigenvalue weighted by molar-refractivity contribution is 5.88. The first kappa shape index (κ1) is 27.8. The average Bonchev–Trinajstić information content (AvgIpc) is 2.93. The van der Waals surface area contributed by atoms with Gasteiger partial charge in [-0.2, -0.15) is 0 Å². The van der Waals surface area contributed by atoms with Gasteiger partial charge in [-0.15, -0.1) is 0 Å². The van der Waals surface area contributed by atoms with Crippen LogP contribution in [-0.2, 0) is 29.0 Å². The van der Waals surface area contributed by atoms with Crippen LogP contribution in [-0.4, -0.2) is 43.5 Å². The van der Waals surface area contributed by atoms with Crippen molar-refractivity contribution < 1.29 is 19.1 Å². The van der Waals surface area contributed by atoms with Gasteiger partial charge < -0.3 is 19.7 Å². The zero-order chi connectivity index (χ0) is 26.6. The number of nitrogens with zero attached hydrogens (tertiary/aromatic N) is 1. The number of rotatable bonds is 13. The quantitative estimate of drug-likeness (QED) is 0.353. The molecule has 1 atom stereocenters. The number of aryl methyl sites for hydroxylation is 2. The molecule has 0 spiro atoms. The maximum atomic E-state index is 13.8. The fourth-order valence-electron chi connectivity index (χ4n) is 4.24. The molecule has 3 aromatic rings. The molecule has 37 heavy (non-hydrogen) atoms. The summed E-state index contributed by atoms with van der Waals surface area (Å²) in [6.07, 6.45) is 2.07. The van der Waals surface area contributed by atoms with E-state index in [0.29, 0.717) is 37.4 Å². The molecule has 0 aliphatic heterocycles. The Balaban J connectivity index is 1.88. The van der Waals surface area contributed by atoms with E-state index in [2.05, 4.69) is 5.32 Å². The van der Waals surface area contributed by atoms with Crippen molar-refractivity contribution in [2.24, 2.45) is 0 Å². The van der Waals surface area contributed by atoms with Crippen LogP contribution in [0, 0.1) is 6.92 Å². The number of nitrogens with one attached hydrogen (secondary N) is 1. The molecule has 196 valence electrons. The summed E-state index contributed by atoms with van der Waals surface area (Å²) in [6, 6.07) is 23.0. The second-order valence-electron chi connectivity index (χ2n) is 9.19. The lowest BCUT2D eigenvalue weighted by Crippen LogP contribution is -2.50. The Labute approximate surface area is 220 Å². The second-order valence-corrected chi connectivity index (χ2v) is 9.19. The maximum absolute atomic E-state index is 13.8. The third kappa shape index (κ3) is 8.10. The van der Waals surface area contributed by atoms with Gasteiger partial charge >= 0.3 is 0 Å². The highest BCUT2D eigenvalue weighted by Crippen LogP contribution is 2.28. The molecular formula is C31H38N2O4. The number of methoxy groups -OCH3 is 2. The smallest absolute Gasteiger partial charge is 0.243 e. The predicted molar refractivity (Wildman–Crippen MR) is 147 cm³/mol. The summed E-state index contributed by atoms with van der Waals surface area (Å²) in [5.74, 6) is 1.08. The average molecular weight is 503 g/mol. The summed E-state index contributed by atoms with van der Waals surface area (Å²) < 4.78 is 10.8. The van der Waals surface area contributed by atoms with Crippen LogP contribution in [0.4, 0.5) is 0 Å². The Morgan fingerprint density at radius 1 is 0.865 bits per heavy atom. The van der Waals surface area contributed by atoms with E-state index in [0.717, 1.165) is 28.7 Å². The molecule has 2 amide bonds. The van der Waals surface area contributed by atoms with Crippen LogP contribution in [0.5, 0.6) is 11.5 Å². The van der Waals surface area contributed by atoms with Gasteiger partial charge in [0, 0.05) is 25.9 Å². The zero-order valence-electron chi connectivity index (χ0n) is 22.3. The van der Waals surface area contributed by atoms with Crippen LogP contribution in [0.1, 0.15) is 42.0 Å². The molecule has 0 heterocycles. The van der Waals surface area contributed by atoms with Crippen LogP contribution < -0.4 is 14.8 Å². The van der Waals surface area contributed by atoms with E-state index in [1.54, 1.807) is 19.1 Å². The topological polar surface area (TPSA) is 67.9 Å². The normalized spacial score (nSPS) is 11.5. The van der Waals surface area contributed by atoms with E-state index in [1.165, 1.54) is 0 Å². The van der Waals surface area contributed by atoms with Crippen molar-refractivity contribution >= 4 is 11.8 Å². The van der Waals surface area contributed by atoms with Gasteiger partial charge in [0.2, 0.25) is 11.8 Å². The van der Waals surface area contributed by atoms with E-state index in [-0.39, 0.29) is 18.2 Å². The summed E-state index contributed by atoms with van der Waals surface area (Å²) in [7, 11) is 3.19. The van der Waals surface area contributed by atoms with Crippen LogP contribution in [0.25, 0.3) is 0 Å². The van der Waals surface area contributed by atoms with Crippen molar-refractivity contribution in [3.05, 3.63) is 95.1 Å². The Hall–Kier alpha value is -3.80. The van der Waals surface area contributed by atoms with Crippen molar-refractivity contribution in [2.75, 3.05) is 20.8 Å². The largest absolute Gasteiger partial charge is 0.493 e. The number of hydrogen-bond donors (Lipinski definition) is 1. The first-order valence-corrected chi connectivity index (χ1v) is 12.8. The third-order valence-corrected chi connectivity index (χ3v) is 6.37. The Bertz CT molecular complexity index is 1150. The number of amides is 2. The van der Waals surface area contributed by atoms with Gasteiger partial charge in [-0.25, -0.2) is 0 Å². The molecule has 0 aliphatic carbocycles. The summed E-state index contributed by atoms with van der Waals surface area (Å²) in [6.45, 7) is 4.99. The number of hydrogen-bond acceptors (Lipinski definition) is 4. The van der Waals surface area contributed by atoms with Crippen LogP contribution in [0.2, 0.25) is 0 Å². The zero-order valence-corrected chi connectivity index (χ0v) is 22.3. The molecule has 0 bridgehead atoms. The minimum absolute atomic E-state index is 0.0667. The molecule has 3 rings (SSSR count). The highest BCUT2D eigenvalue weighted by Gasteiger charge is 2.30. The van der Waals surface area contributed by atoms with Crippen molar-refractivity contribution in [1.29, 1.82) is 0 Å². The highest BCUT2D eigenvalue weighted by atomic mass is 16.5. The van der Waals surface area contributed by atoms with Crippen LogP contribution in [0.15, 0.2) is 72.8 Å². The molecule has 0 saturated carbocycles. The molecule has 6 nitrogen and oxygen atoms in total. The number of ether oxygens (including phenoxy) is 2. The molecule has 0 fully saturated rings. The first-order valence-electron chi connectivity index (χ1n) is 12.8. The maximum Gasteiger partial charge on any atom is 0.243 e. The van der Waals surface area contributed by atoms with E-state index in [4.69, 9.17) is 9.47 Å². The van der Waals surface area contributed by atoms with E-state index in [9.17, 15) is 9.59 Å². The van der Waals surface area contributed by atoms with E-state index < -0.39 is 6.04 Å². The van der Waals surface area contributed by atoms with Gasteiger partial charge in [0.05, 0.1) is 14.2 Å². The fourth-order valence-corrected chi connectivity index (χ4v) is 4.24. The van der Waals surface area contributed by atoms with Gasteiger partial charge in [0.25, 0.3) is 0 Å². The fraction of sp³-hybridized carbons (Fsp3) is 0.355. The Morgan fingerprint density at radius 3 is 2.19 bits per heavy atom. The third-order valence-electron chi connectivity index (χ3n) is 6.37. The lowest BCUT2D eigenvalue weighted by atomic mass is 10.0. The van der Waals surface area contributed by atoms with Crippen molar-refractivity contribution in [3.63, 3.8) is 0 Å². The molecule has 6 heteroatoms. The lowest BCUT2D eigenvalue weighted by molar-refractivity contribution is -0.141. The molecule has 0 saturated heterocycles. The summed E-state index contributed by atoms with van der Waals surface area (Å²) >= 11 is 0. The van der Waals surface area contributed by atoms with Gasteiger partial charge in [0.15, 0.2) is 11.5 Å². The SMILES string of the molecule is CCCNC(=O)[C@@H](Cc1ccccc1)N(Cc1ccc(C)cc1)C(=O)CCc1ccc(OC)c(OC)c1. The molecule has 0 aromatic heterocycles. The minimum Gasteiger partial charge on any atom is -0.493 e. The number of benzene rings is 3. The summed E-state index contributed by atoms with van der Waals surface area (Å²) in [5.41, 5.74) is 4.13. The first-order chi connectivity index (χ1) is 17.9. The van der Waals surface area contributed by atoms with Gasteiger partial charge in [0.1, 0.15) is 6.04 Å². The van der Waals surface area contributed by atoms with Crippen molar-refractivity contribution in [3.8, 4) is 11.5 Å². The lowest BCUT2D eigenvalue weighted by Gasteiger charge is -2.31. The number of carbonyl (C=O) groups is 2. The van der Waals surface area contributed by atoms with Gasteiger partial charge in [-0.1, -0.05) is 73.2 Å². The Kier molecular flexibility index (Phi) is 10.6. The van der Waals surface area contributed by atoms with Crippen molar-refractivity contribution in [2.45, 2.75) is 52.1 Å². The molecular weight excluding hydrogens is 464 g/mol. The van der Waals surface area contributed by atoms with Gasteiger partial charge in [-0.3, -0.25) is 9.59 Å². The standard InChI is InChI=1S/C31H38N2O4/c1-5-19-32-31(35)27(20-24-9-7-6-8-10-24)33(22-26-13-11-23(2)12-14-26)30(34)18-16-25-15-17-28(36-3)29(21-25)37-4/h6-15,17,21,27H,5,16,18-20,22H2,1-4H3,(H,32,35)/t27-/m1/s1. The predicted octanol–water partition coefficient (Wildman–Crippen LogP) is 5.11. The number of carbonyl (C=O) groups excluding carboxylic acids is 2. The Morgan fingerprint density at radius 2 is 1.54 bits per heavy atom. The summed E-state index contributed by atoms with van der Waals surface area (Å²) in [4.78, 5) is 28.9. The minimum atomic E-state index is -0.617. The molecule has 0 unspecified atom stereocenters. The van der Waals surface area contributed by atoms with Crippen molar-refractivity contribution in [1.82, 2.24) is 10.2 Å². The monoisotopic (exact) mass is 502 g/mol. The van der Waals surface area contributed by atoms with E-state index in [1.807, 2.05) is 86.6 Å². The summed E-state index contributed by atoms with van der Waals surface area (Å²) in [5, 5.41) is 3.02. The second kappa shape index (κ2) is 14.1. The van der Waals surface area contributed by atoms with Crippen LogP contribution in [0.3, 0.4) is 0 Å². The molecule has 0 radical (unpaired) electrons. The molecule has 0 aliphatic rings. The van der Waals surface area contributed by atoms with Gasteiger partial charge in [-0.05, 0) is 48.6 Å². The van der Waals surface area contributed by atoms with Crippen LogP contribution >= 0.6 is 0 Å². The van der Waals surface area contributed by atoms with E-state index >= 15 is 0 Å². The molecule has 3 aromatic carbocycles. The molecule has 1 N–H and O–H groups in total.